The number of nitrogens with zero attached hydrogens (tertiary/aromatic N) is 2. The molecule has 7 heteroatoms. The minimum atomic E-state index is -0.811. The van der Waals surface area contributed by atoms with Gasteiger partial charge in [-0.2, -0.15) is 0 Å². The van der Waals surface area contributed by atoms with Gasteiger partial charge in [0.1, 0.15) is 5.82 Å². The van der Waals surface area contributed by atoms with Crippen LogP contribution in [0, 0.1) is 5.82 Å². The standard InChI is InChI=1S/C12H11FN2O3S/c1-2-14-11(7-10(16)15(18)12(14)17)19-9-5-3-4-8(13)6-9/h3-7,18H,2H2,1H3. The second-order valence-corrected chi connectivity index (χ2v) is 4.81. The van der Waals surface area contributed by atoms with Crippen molar-refractivity contribution in [1.82, 2.24) is 9.30 Å². The average Bonchev–Trinajstić information content (AvgIpc) is 2.37. The fourth-order valence-electron chi connectivity index (χ4n) is 1.57. The fraction of sp³-hybridized carbons (Fsp3) is 0.167. The highest BCUT2D eigenvalue weighted by atomic mass is 32.2. The summed E-state index contributed by atoms with van der Waals surface area (Å²) in [6.07, 6.45) is 0. The summed E-state index contributed by atoms with van der Waals surface area (Å²) in [7, 11) is 0. The van der Waals surface area contributed by atoms with Crippen molar-refractivity contribution in [3.63, 3.8) is 0 Å². The van der Waals surface area contributed by atoms with Crippen molar-refractivity contribution in [3.8, 4) is 0 Å². The lowest BCUT2D eigenvalue weighted by Gasteiger charge is -2.10. The average molecular weight is 282 g/mol. The number of rotatable bonds is 3. The first kappa shape index (κ1) is 13.4. The molecule has 100 valence electrons. The molecule has 0 unspecified atom stereocenters. The Bertz CT molecular complexity index is 724. The van der Waals surface area contributed by atoms with Crippen LogP contribution in [0.5, 0.6) is 0 Å². The Hall–Kier alpha value is -2.02. The van der Waals surface area contributed by atoms with Gasteiger partial charge in [-0.25, -0.2) is 9.18 Å². The third-order valence-electron chi connectivity index (χ3n) is 2.47. The lowest BCUT2D eigenvalue weighted by atomic mass is 10.4. The smallest absolute Gasteiger partial charge is 0.365 e. The van der Waals surface area contributed by atoms with Gasteiger partial charge in [0.25, 0.3) is 5.56 Å². The zero-order valence-electron chi connectivity index (χ0n) is 10.0. The van der Waals surface area contributed by atoms with Crippen LogP contribution < -0.4 is 11.2 Å². The van der Waals surface area contributed by atoms with Gasteiger partial charge in [0.05, 0.1) is 5.03 Å². The summed E-state index contributed by atoms with van der Waals surface area (Å²) in [5, 5.41) is 9.61. The molecule has 0 aliphatic carbocycles. The Kier molecular flexibility index (Phi) is 3.75. The van der Waals surface area contributed by atoms with Gasteiger partial charge in [-0.15, -0.1) is 0 Å². The number of aromatic nitrogens is 2. The molecule has 0 fully saturated rings. The quantitative estimate of drug-likeness (QED) is 0.685. The van der Waals surface area contributed by atoms with Crippen LogP contribution in [0.15, 0.2) is 49.8 Å². The van der Waals surface area contributed by atoms with E-state index in [-0.39, 0.29) is 11.3 Å². The number of hydrogen-bond donors (Lipinski definition) is 1. The molecular weight excluding hydrogens is 271 g/mol. The fourth-order valence-corrected chi connectivity index (χ4v) is 2.61. The molecule has 19 heavy (non-hydrogen) atoms. The molecule has 0 amide bonds. The van der Waals surface area contributed by atoms with Gasteiger partial charge in [-0.3, -0.25) is 9.36 Å². The highest BCUT2D eigenvalue weighted by Crippen LogP contribution is 2.26. The van der Waals surface area contributed by atoms with Gasteiger partial charge in [-0.1, -0.05) is 22.6 Å². The monoisotopic (exact) mass is 282 g/mol. The van der Waals surface area contributed by atoms with Crippen molar-refractivity contribution in [3.05, 3.63) is 57.0 Å². The molecule has 1 heterocycles. The van der Waals surface area contributed by atoms with Gasteiger partial charge in [0.15, 0.2) is 0 Å². The van der Waals surface area contributed by atoms with Crippen molar-refractivity contribution < 1.29 is 9.60 Å². The third kappa shape index (κ3) is 2.70. The van der Waals surface area contributed by atoms with Crippen molar-refractivity contribution in [1.29, 1.82) is 0 Å². The zero-order valence-corrected chi connectivity index (χ0v) is 10.9. The first-order chi connectivity index (χ1) is 9.02. The van der Waals surface area contributed by atoms with E-state index < -0.39 is 17.1 Å². The highest BCUT2D eigenvalue weighted by molar-refractivity contribution is 7.99. The van der Waals surface area contributed by atoms with E-state index in [9.17, 15) is 19.2 Å². The van der Waals surface area contributed by atoms with E-state index in [1.807, 2.05) is 0 Å². The molecule has 0 radical (unpaired) electrons. The van der Waals surface area contributed by atoms with Gasteiger partial charge in [0, 0.05) is 17.5 Å². The van der Waals surface area contributed by atoms with Crippen LogP contribution in [-0.2, 0) is 6.54 Å². The second-order valence-electron chi connectivity index (χ2n) is 3.72. The van der Waals surface area contributed by atoms with Crippen LogP contribution in [0.3, 0.4) is 0 Å². The largest absolute Gasteiger partial charge is 0.421 e. The summed E-state index contributed by atoms with van der Waals surface area (Å²) in [6.45, 7) is 2.00. The molecule has 5 nitrogen and oxygen atoms in total. The Labute approximate surface area is 111 Å². The summed E-state index contributed by atoms with van der Waals surface area (Å²) in [5.41, 5.74) is -1.62. The van der Waals surface area contributed by atoms with E-state index in [0.29, 0.717) is 9.92 Å². The first-order valence-corrected chi connectivity index (χ1v) is 6.34. The molecule has 2 aromatic rings. The Morgan fingerprint density at radius 3 is 2.68 bits per heavy atom. The number of benzene rings is 1. The molecule has 1 aromatic heterocycles. The van der Waals surface area contributed by atoms with E-state index in [4.69, 9.17) is 0 Å². The zero-order chi connectivity index (χ0) is 14.0. The molecule has 2 rings (SSSR count). The predicted octanol–water partition coefficient (Wildman–Crippen LogP) is 1.56. The predicted molar refractivity (Wildman–Crippen MR) is 68.3 cm³/mol. The van der Waals surface area contributed by atoms with Crippen LogP contribution in [0.4, 0.5) is 4.39 Å². The van der Waals surface area contributed by atoms with Gasteiger partial charge >= 0.3 is 5.69 Å². The minimum Gasteiger partial charge on any atom is -0.421 e. The molecule has 0 saturated carbocycles. The van der Waals surface area contributed by atoms with E-state index in [0.717, 1.165) is 17.8 Å². The molecular formula is C12H11FN2O3S. The lowest BCUT2D eigenvalue weighted by molar-refractivity contribution is 0.152. The summed E-state index contributed by atoms with van der Waals surface area (Å²) in [5.74, 6) is -0.397. The number of hydrogen-bond acceptors (Lipinski definition) is 4. The topological polar surface area (TPSA) is 64.2 Å². The Balaban J connectivity index is 2.51. The van der Waals surface area contributed by atoms with Crippen LogP contribution in [0.1, 0.15) is 6.92 Å². The van der Waals surface area contributed by atoms with E-state index in [1.54, 1.807) is 19.1 Å². The lowest BCUT2D eigenvalue weighted by Crippen LogP contribution is -2.38. The number of halogens is 1. The summed E-state index contributed by atoms with van der Waals surface area (Å²) >= 11 is 1.09. The summed E-state index contributed by atoms with van der Waals surface area (Å²) in [6, 6.07) is 6.96. The molecule has 0 aliphatic heterocycles. The van der Waals surface area contributed by atoms with Crippen LogP contribution in [0.25, 0.3) is 0 Å². The van der Waals surface area contributed by atoms with Crippen LogP contribution in [0.2, 0.25) is 0 Å². The maximum Gasteiger partial charge on any atom is 0.365 e. The van der Waals surface area contributed by atoms with Crippen LogP contribution in [-0.4, -0.2) is 14.5 Å². The Morgan fingerprint density at radius 2 is 2.05 bits per heavy atom. The van der Waals surface area contributed by atoms with E-state index in [1.165, 1.54) is 16.7 Å². The molecule has 0 bridgehead atoms. The Morgan fingerprint density at radius 1 is 1.32 bits per heavy atom. The van der Waals surface area contributed by atoms with E-state index >= 15 is 0 Å². The maximum atomic E-state index is 13.1. The molecule has 1 N–H and O–H groups in total. The molecule has 0 saturated heterocycles. The minimum absolute atomic E-state index is 0.0547. The second kappa shape index (κ2) is 5.31. The molecule has 0 atom stereocenters. The molecule has 0 spiro atoms. The molecule has 0 aliphatic rings. The normalized spacial score (nSPS) is 10.6. The molecule has 1 aromatic carbocycles. The van der Waals surface area contributed by atoms with Crippen molar-refractivity contribution in [2.45, 2.75) is 23.4 Å². The van der Waals surface area contributed by atoms with Gasteiger partial charge < -0.3 is 5.21 Å². The third-order valence-corrected chi connectivity index (χ3v) is 3.51. The summed E-state index contributed by atoms with van der Waals surface area (Å²) < 4.78 is 14.4. The summed E-state index contributed by atoms with van der Waals surface area (Å²) in [4.78, 5) is 23.7. The van der Waals surface area contributed by atoms with Crippen molar-refractivity contribution in [2.24, 2.45) is 0 Å². The van der Waals surface area contributed by atoms with Crippen molar-refractivity contribution in [2.75, 3.05) is 0 Å². The van der Waals surface area contributed by atoms with Crippen LogP contribution >= 0.6 is 11.8 Å². The van der Waals surface area contributed by atoms with Crippen molar-refractivity contribution >= 4 is 11.8 Å². The first-order valence-electron chi connectivity index (χ1n) is 5.52. The maximum absolute atomic E-state index is 13.1. The SMILES string of the molecule is CCn1c(Sc2cccc(F)c2)cc(=O)n(O)c1=O. The highest BCUT2D eigenvalue weighted by Gasteiger charge is 2.10. The van der Waals surface area contributed by atoms with Gasteiger partial charge in [-0.05, 0) is 25.1 Å². The van der Waals surface area contributed by atoms with Gasteiger partial charge in [0.2, 0.25) is 0 Å². The van der Waals surface area contributed by atoms with E-state index in [2.05, 4.69) is 0 Å².